The number of aliphatic hydroxyl groups is 2. The van der Waals surface area contributed by atoms with Gasteiger partial charge in [-0.3, -0.25) is 0 Å². The van der Waals surface area contributed by atoms with Gasteiger partial charge in [-0.25, -0.2) is 0 Å². The number of benzene rings is 1. The number of aromatic hydroxyl groups is 1. The molecule has 3 heteroatoms. The molecule has 0 aliphatic rings. The van der Waals surface area contributed by atoms with Crippen molar-refractivity contribution in [2.75, 3.05) is 0 Å². The van der Waals surface area contributed by atoms with Crippen molar-refractivity contribution in [2.24, 2.45) is 0 Å². The maximum atomic E-state index is 10.1. The fourth-order valence-corrected chi connectivity index (χ4v) is 3.77. The summed E-state index contributed by atoms with van der Waals surface area (Å²) in [6.45, 7) is 2.26. The van der Waals surface area contributed by atoms with E-state index in [9.17, 15) is 15.3 Å². The molecule has 0 saturated heterocycles. The fraction of sp³-hybridized carbons (Fsp3) is 0.760. The van der Waals surface area contributed by atoms with E-state index in [1.165, 1.54) is 70.6 Å². The summed E-state index contributed by atoms with van der Waals surface area (Å²) in [5, 5.41) is 29.5. The van der Waals surface area contributed by atoms with Crippen molar-refractivity contribution in [3.63, 3.8) is 0 Å². The number of aryl methyl sites for hydroxylation is 1. The molecule has 0 aliphatic carbocycles. The zero-order valence-electron chi connectivity index (χ0n) is 18.1. The maximum Gasteiger partial charge on any atom is 0.115 e. The van der Waals surface area contributed by atoms with E-state index in [0.717, 1.165) is 24.8 Å². The van der Waals surface area contributed by atoms with Gasteiger partial charge in [-0.1, -0.05) is 96.1 Å². The summed E-state index contributed by atoms with van der Waals surface area (Å²) in [5.41, 5.74) is 1.10. The van der Waals surface area contributed by atoms with E-state index in [4.69, 9.17) is 0 Å². The van der Waals surface area contributed by atoms with E-state index in [1.807, 2.05) is 12.1 Å². The number of unbranched alkanes of at least 4 members (excludes halogenated alkanes) is 11. The van der Waals surface area contributed by atoms with Gasteiger partial charge in [0.05, 0.1) is 12.2 Å². The lowest BCUT2D eigenvalue weighted by atomic mass is 9.99. The summed E-state index contributed by atoms with van der Waals surface area (Å²) in [7, 11) is 0. The lowest BCUT2D eigenvalue weighted by Crippen LogP contribution is -2.18. The Balaban J connectivity index is 1.90. The Morgan fingerprint density at radius 3 is 1.64 bits per heavy atom. The Morgan fingerprint density at radius 2 is 1.11 bits per heavy atom. The van der Waals surface area contributed by atoms with Crippen LogP contribution < -0.4 is 0 Å². The topological polar surface area (TPSA) is 60.7 Å². The second kappa shape index (κ2) is 16.9. The minimum absolute atomic E-state index is 0.266. The van der Waals surface area contributed by atoms with Gasteiger partial charge in [-0.2, -0.15) is 0 Å². The molecule has 28 heavy (non-hydrogen) atoms. The highest BCUT2D eigenvalue weighted by molar-refractivity contribution is 5.25. The monoisotopic (exact) mass is 392 g/mol. The smallest absolute Gasteiger partial charge is 0.115 e. The lowest BCUT2D eigenvalue weighted by molar-refractivity contribution is 0.0697. The van der Waals surface area contributed by atoms with Crippen LogP contribution in [0.5, 0.6) is 5.75 Å². The van der Waals surface area contributed by atoms with Crippen molar-refractivity contribution < 1.29 is 15.3 Å². The highest BCUT2D eigenvalue weighted by Crippen LogP contribution is 2.16. The molecule has 162 valence electrons. The predicted octanol–water partition coefficient (Wildman–Crippen LogP) is 6.53. The lowest BCUT2D eigenvalue weighted by Gasteiger charge is -2.15. The van der Waals surface area contributed by atoms with Gasteiger partial charge in [0.25, 0.3) is 0 Å². The molecule has 1 aromatic rings. The second-order valence-electron chi connectivity index (χ2n) is 8.43. The quantitative estimate of drug-likeness (QED) is 0.249. The molecular weight excluding hydrogens is 348 g/mol. The summed E-state index contributed by atoms with van der Waals surface area (Å²) in [4.78, 5) is 0. The first-order valence-corrected chi connectivity index (χ1v) is 11.8. The van der Waals surface area contributed by atoms with Crippen LogP contribution in [0, 0.1) is 0 Å². The first-order chi connectivity index (χ1) is 13.6. The van der Waals surface area contributed by atoms with Gasteiger partial charge in [0.2, 0.25) is 0 Å². The largest absolute Gasteiger partial charge is 0.508 e. The third-order valence-electron chi connectivity index (χ3n) is 5.64. The first kappa shape index (κ1) is 25.0. The molecule has 0 aliphatic heterocycles. The van der Waals surface area contributed by atoms with E-state index in [0.29, 0.717) is 12.8 Å². The van der Waals surface area contributed by atoms with Crippen molar-refractivity contribution in [3.8, 4) is 5.75 Å². The average Bonchev–Trinajstić information content (AvgIpc) is 2.68. The Morgan fingerprint density at radius 1 is 0.643 bits per heavy atom. The SMILES string of the molecule is CCCCCCCCCCCCCC[C@@H](O)C[C@H](O)CCc1ccc(O)cc1. The highest BCUT2D eigenvalue weighted by atomic mass is 16.3. The van der Waals surface area contributed by atoms with Crippen molar-refractivity contribution >= 4 is 0 Å². The van der Waals surface area contributed by atoms with Crippen LogP contribution in [0.2, 0.25) is 0 Å². The number of aliphatic hydroxyl groups excluding tert-OH is 2. The fourth-order valence-electron chi connectivity index (χ4n) is 3.77. The van der Waals surface area contributed by atoms with E-state index < -0.39 is 12.2 Å². The number of phenols is 1. The Bertz CT molecular complexity index is 457. The van der Waals surface area contributed by atoms with E-state index >= 15 is 0 Å². The van der Waals surface area contributed by atoms with E-state index in [2.05, 4.69) is 6.92 Å². The van der Waals surface area contributed by atoms with Gasteiger partial charge >= 0.3 is 0 Å². The molecule has 0 saturated carbocycles. The second-order valence-corrected chi connectivity index (χ2v) is 8.43. The first-order valence-electron chi connectivity index (χ1n) is 11.8. The Kier molecular flexibility index (Phi) is 15.0. The molecule has 0 spiro atoms. The zero-order valence-corrected chi connectivity index (χ0v) is 18.1. The molecule has 0 radical (unpaired) electrons. The summed E-state index contributed by atoms with van der Waals surface area (Å²) in [5.74, 6) is 0.266. The van der Waals surface area contributed by atoms with Crippen molar-refractivity contribution in [3.05, 3.63) is 29.8 Å². The molecule has 3 N–H and O–H groups in total. The highest BCUT2D eigenvalue weighted by Gasteiger charge is 2.12. The Hall–Kier alpha value is -1.06. The molecule has 1 rings (SSSR count). The third kappa shape index (κ3) is 14.0. The molecule has 0 aromatic heterocycles. The molecule has 0 heterocycles. The molecule has 0 unspecified atom stereocenters. The standard InChI is InChI=1S/C25H44O3/c1-2-3-4-5-6-7-8-9-10-11-12-13-14-24(27)21-25(28)20-17-22-15-18-23(26)19-16-22/h15-16,18-19,24-28H,2-14,17,20-21H2,1H3/t24-,25-/m1/s1. The molecule has 0 fully saturated rings. The Labute approximate surface area is 173 Å². The summed E-state index contributed by atoms with van der Waals surface area (Å²) < 4.78 is 0. The van der Waals surface area contributed by atoms with E-state index in [1.54, 1.807) is 12.1 Å². The van der Waals surface area contributed by atoms with Gasteiger partial charge in [0.15, 0.2) is 0 Å². The normalized spacial score (nSPS) is 13.5. The predicted molar refractivity (Wildman–Crippen MR) is 119 cm³/mol. The summed E-state index contributed by atoms with van der Waals surface area (Å²) >= 11 is 0. The number of hydrogen-bond acceptors (Lipinski definition) is 3. The van der Waals surface area contributed by atoms with Crippen LogP contribution in [-0.2, 0) is 6.42 Å². The van der Waals surface area contributed by atoms with Crippen molar-refractivity contribution in [1.82, 2.24) is 0 Å². The van der Waals surface area contributed by atoms with Crippen LogP contribution >= 0.6 is 0 Å². The van der Waals surface area contributed by atoms with Crippen molar-refractivity contribution in [1.29, 1.82) is 0 Å². The molecule has 1 aromatic carbocycles. The number of hydrogen-bond donors (Lipinski definition) is 3. The van der Waals surface area contributed by atoms with Crippen LogP contribution in [0.1, 0.15) is 109 Å². The minimum Gasteiger partial charge on any atom is -0.508 e. The summed E-state index contributed by atoms with van der Waals surface area (Å²) in [6.07, 6.45) is 17.7. The molecular formula is C25H44O3. The third-order valence-corrected chi connectivity index (χ3v) is 5.64. The molecule has 2 atom stereocenters. The molecule has 3 nitrogen and oxygen atoms in total. The van der Waals surface area contributed by atoms with E-state index in [-0.39, 0.29) is 5.75 Å². The van der Waals surface area contributed by atoms with Crippen molar-refractivity contribution in [2.45, 2.75) is 122 Å². The molecule has 0 bridgehead atoms. The van der Waals surface area contributed by atoms with Gasteiger partial charge in [-0.05, 0) is 43.4 Å². The van der Waals surface area contributed by atoms with Crippen LogP contribution in [-0.4, -0.2) is 27.5 Å². The van der Waals surface area contributed by atoms with Crippen LogP contribution in [0.4, 0.5) is 0 Å². The van der Waals surface area contributed by atoms with Crippen LogP contribution in [0.3, 0.4) is 0 Å². The minimum atomic E-state index is -0.457. The maximum absolute atomic E-state index is 10.1. The van der Waals surface area contributed by atoms with Crippen LogP contribution in [0.15, 0.2) is 24.3 Å². The molecule has 0 amide bonds. The average molecular weight is 393 g/mol. The summed E-state index contributed by atoms with van der Waals surface area (Å²) in [6, 6.07) is 7.10. The van der Waals surface area contributed by atoms with Crippen LogP contribution in [0.25, 0.3) is 0 Å². The van der Waals surface area contributed by atoms with Gasteiger partial charge in [-0.15, -0.1) is 0 Å². The van der Waals surface area contributed by atoms with Gasteiger partial charge in [0.1, 0.15) is 5.75 Å². The zero-order chi connectivity index (χ0) is 20.5. The number of rotatable bonds is 18. The van der Waals surface area contributed by atoms with Gasteiger partial charge in [0, 0.05) is 0 Å². The number of phenolic OH excluding ortho intramolecular Hbond substituents is 1. The van der Waals surface area contributed by atoms with Gasteiger partial charge < -0.3 is 15.3 Å².